The number of amides is 1. The smallest absolute Gasteiger partial charge is 0.261 e. The minimum absolute atomic E-state index is 0.176. The van der Waals surface area contributed by atoms with Gasteiger partial charge in [-0.25, -0.2) is 8.42 Å². The Balaban J connectivity index is 2.36. The quantitative estimate of drug-likeness (QED) is 0.880. The van der Waals surface area contributed by atoms with Crippen molar-refractivity contribution in [3.05, 3.63) is 53.6 Å². The van der Waals surface area contributed by atoms with E-state index in [-0.39, 0.29) is 10.8 Å². The number of hydrogen-bond acceptors (Lipinski definition) is 3. The van der Waals surface area contributed by atoms with E-state index in [1.54, 1.807) is 43.3 Å². The summed E-state index contributed by atoms with van der Waals surface area (Å²) in [5, 5.41) is 2.70. The maximum atomic E-state index is 12.5. The van der Waals surface area contributed by atoms with Crippen LogP contribution in [0.1, 0.15) is 24.5 Å². The third kappa shape index (κ3) is 4.32. The van der Waals surface area contributed by atoms with Gasteiger partial charge in [0.05, 0.1) is 16.3 Å². The molecule has 5 nitrogen and oxygen atoms in total. The molecular formula is C17H20N2O3S. The van der Waals surface area contributed by atoms with Crippen molar-refractivity contribution in [2.75, 3.05) is 10.0 Å². The van der Waals surface area contributed by atoms with Gasteiger partial charge >= 0.3 is 0 Å². The Morgan fingerprint density at radius 3 is 2.17 bits per heavy atom. The lowest BCUT2D eigenvalue weighted by atomic mass is 10.2. The summed E-state index contributed by atoms with van der Waals surface area (Å²) in [6.07, 6.45) is 0.317. The number of benzene rings is 2. The summed E-state index contributed by atoms with van der Waals surface area (Å²) < 4.78 is 27.6. The Morgan fingerprint density at radius 1 is 0.957 bits per heavy atom. The predicted molar refractivity (Wildman–Crippen MR) is 92.1 cm³/mol. The minimum atomic E-state index is -3.71. The van der Waals surface area contributed by atoms with E-state index in [4.69, 9.17) is 0 Å². The molecule has 0 aliphatic heterocycles. The van der Waals surface area contributed by atoms with Crippen molar-refractivity contribution >= 4 is 27.3 Å². The van der Waals surface area contributed by atoms with Gasteiger partial charge < -0.3 is 5.32 Å². The number of nitrogens with one attached hydrogen (secondary N) is 2. The molecule has 122 valence electrons. The molecule has 0 fully saturated rings. The number of anilines is 2. The molecule has 2 aromatic carbocycles. The van der Waals surface area contributed by atoms with E-state index in [1.165, 1.54) is 0 Å². The highest BCUT2D eigenvalue weighted by Gasteiger charge is 2.16. The summed E-state index contributed by atoms with van der Waals surface area (Å²) >= 11 is 0. The van der Waals surface area contributed by atoms with Gasteiger partial charge in [-0.15, -0.1) is 0 Å². The molecule has 6 heteroatoms. The Kier molecular flexibility index (Phi) is 5.05. The lowest BCUT2D eigenvalue weighted by molar-refractivity contribution is -0.115. The molecule has 1 amide bonds. The molecule has 0 aromatic heterocycles. The molecule has 0 radical (unpaired) electrons. The van der Waals surface area contributed by atoms with E-state index < -0.39 is 10.0 Å². The molecule has 0 unspecified atom stereocenters. The first kappa shape index (κ1) is 17.0. The summed E-state index contributed by atoms with van der Waals surface area (Å²) in [6.45, 7) is 5.48. The Hall–Kier alpha value is -2.34. The number of carbonyl (C=O) groups excluding carboxylic acids is 1. The van der Waals surface area contributed by atoms with Gasteiger partial charge in [-0.05, 0) is 43.7 Å². The average molecular weight is 332 g/mol. The zero-order valence-corrected chi connectivity index (χ0v) is 14.2. The van der Waals surface area contributed by atoms with Gasteiger partial charge in [-0.2, -0.15) is 0 Å². The van der Waals surface area contributed by atoms with Gasteiger partial charge in [0.25, 0.3) is 10.0 Å². The summed E-state index contributed by atoms with van der Waals surface area (Å²) in [6, 6.07) is 11.8. The van der Waals surface area contributed by atoms with Crippen molar-refractivity contribution in [3.8, 4) is 0 Å². The van der Waals surface area contributed by atoms with Gasteiger partial charge in [0, 0.05) is 6.42 Å². The molecule has 2 N–H and O–H groups in total. The molecule has 0 bridgehead atoms. The van der Waals surface area contributed by atoms with E-state index in [1.807, 2.05) is 19.9 Å². The summed E-state index contributed by atoms with van der Waals surface area (Å²) in [5.41, 5.74) is 2.67. The first-order valence-corrected chi connectivity index (χ1v) is 8.80. The van der Waals surface area contributed by atoms with Gasteiger partial charge in [0.15, 0.2) is 0 Å². The van der Waals surface area contributed by atoms with Crippen molar-refractivity contribution in [2.45, 2.75) is 32.1 Å². The van der Waals surface area contributed by atoms with E-state index >= 15 is 0 Å². The monoisotopic (exact) mass is 332 g/mol. The molecule has 23 heavy (non-hydrogen) atoms. The minimum Gasteiger partial charge on any atom is -0.324 e. The highest BCUT2D eigenvalue weighted by Crippen LogP contribution is 2.26. The van der Waals surface area contributed by atoms with E-state index in [9.17, 15) is 13.2 Å². The van der Waals surface area contributed by atoms with Gasteiger partial charge in [-0.3, -0.25) is 9.52 Å². The van der Waals surface area contributed by atoms with Crippen LogP contribution in [0.4, 0.5) is 11.4 Å². The van der Waals surface area contributed by atoms with Crippen LogP contribution in [0.25, 0.3) is 0 Å². The summed E-state index contributed by atoms with van der Waals surface area (Å²) in [5.74, 6) is -0.176. The summed E-state index contributed by atoms with van der Waals surface area (Å²) in [7, 11) is -3.71. The fourth-order valence-electron chi connectivity index (χ4n) is 2.01. The second-order valence-corrected chi connectivity index (χ2v) is 7.05. The van der Waals surface area contributed by atoms with Gasteiger partial charge in [0.2, 0.25) is 5.91 Å². The molecule has 0 saturated carbocycles. The van der Waals surface area contributed by atoms with Crippen LogP contribution in [-0.4, -0.2) is 14.3 Å². The molecule has 2 aromatic rings. The molecule has 0 aliphatic carbocycles. The first-order chi connectivity index (χ1) is 10.8. The molecule has 0 heterocycles. The predicted octanol–water partition coefficient (Wildman–Crippen LogP) is 3.45. The molecular weight excluding hydrogens is 312 g/mol. The lowest BCUT2D eigenvalue weighted by Gasteiger charge is -2.14. The normalized spacial score (nSPS) is 11.1. The zero-order valence-electron chi connectivity index (χ0n) is 13.4. The highest BCUT2D eigenvalue weighted by atomic mass is 32.2. The Bertz CT molecular complexity index is 812. The lowest BCUT2D eigenvalue weighted by Crippen LogP contribution is -2.16. The maximum absolute atomic E-state index is 12.5. The van der Waals surface area contributed by atoms with Gasteiger partial charge in [0.1, 0.15) is 0 Å². The standard InChI is InChI=1S/C17H20N2O3S/c1-4-17(20)18-15-10-7-13(3)11-16(15)19-23(21,22)14-8-5-12(2)6-9-14/h5-11,19H,4H2,1-3H3,(H,18,20). The molecule has 2 rings (SSSR count). The molecule has 0 spiro atoms. The number of hydrogen-bond donors (Lipinski definition) is 2. The molecule has 0 atom stereocenters. The van der Waals surface area contributed by atoms with Gasteiger partial charge in [-0.1, -0.05) is 30.7 Å². The second-order valence-electron chi connectivity index (χ2n) is 5.37. The van der Waals surface area contributed by atoms with E-state index in [0.717, 1.165) is 11.1 Å². The van der Waals surface area contributed by atoms with Crippen LogP contribution in [-0.2, 0) is 14.8 Å². The average Bonchev–Trinajstić information content (AvgIpc) is 2.50. The topological polar surface area (TPSA) is 75.3 Å². The zero-order chi connectivity index (χ0) is 17.0. The number of aryl methyl sites for hydroxylation is 2. The number of rotatable bonds is 5. The second kappa shape index (κ2) is 6.83. The van der Waals surface area contributed by atoms with Crippen molar-refractivity contribution in [3.63, 3.8) is 0 Å². The van der Waals surface area contributed by atoms with Crippen molar-refractivity contribution in [1.29, 1.82) is 0 Å². The van der Waals surface area contributed by atoms with Crippen LogP contribution >= 0.6 is 0 Å². The fraction of sp³-hybridized carbons (Fsp3) is 0.235. The third-order valence-corrected chi connectivity index (χ3v) is 4.73. The van der Waals surface area contributed by atoms with E-state index in [2.05, 4.69) is 10.0 Å². The third-order valence-electron chi connectivity index (χ3n) is 3.35. The van der Waals surface area contributed by atoms with E-state index in [0.29, 0.717) is 17.8 Å². The highest BCUT2D eigenvalue weighted by molar-refractivity contribution is 7.92. The van der Waals surface area contributed by atoms with Crippen LogP contribution in [0.2, 0.25) is 0 Å². The Labute approximate surface area is 136 Å². The summed E-state index contributed by atoms with van der Waals surface area (Å²) in [4.78, 5) is 11.8. The fourth-order valence-corrected chi connectivity index (χ4v) is 3.08. The van der Waals surface area contributed by atoms with Crippen LogP contribution in [0.3, 0.4) is 0 Å². The van der Waals surface area contributed by atoms with Crippen molar-refractivity contribution in [1.82, 2.24) is 0 Å². The van der Waals surface area contributed by atoms with Crippen LogP contribution < -0.4 is 10.0 Å². The number of carbonyl (C=O) groups is 1. The largest absolute Gasteiger partial charge is 0.324 e. The number of sulfonamides is 1. The maximum Gasteiger partial charge on any atom is 0.261 e. The van der Waals surface area contributed by atoms with Crippen LogP contribution in [0.5, 0.6) is 0 Å². The molecule has 0 saturated heterocycles. The Morgan fingerprint density at radius 2 is 1.57 bits per heavy atom. The first-order valence-electron chi connectivity index (χ1n) is 7.32. The SMILES string of the molecule is CCC(=O)Nc1ccc(C)cc1NS(=O)(=O)c1ccc(C)cc1. The molecule has 0 aliphatic rings. The van der Waals surface area contributed by atoms with Crippen molar-refractivity contribution < 1.29 is 13.2 Å². The van der Waals surface area contributed by atoms with Crippen LogP contribution in [0.15, 0.2) is 47.4 Å². The van der Waals surface area contributed by atoms with Crippen LogP contribution in [0, 0.1) is 13.8 Å². The van der Waals surface area contributed by atoms with Crippen molar-refractivity contribution in [2.24, 2.45) is 0 Å².